The molecule has 7 heteroatoms. The van der Waals surface area contributed by atoms with Crippen molar-refractivity contribution in [2.24, 2.45) is 5.92 Å². The lowest BCUT2D eigenvalue weighted by atomic mass is 9.78. The molecule has 0 saturated heterocycles. The van der Waals surface area contributed by atoms with Crippen molar-refractivity contribution in [3.05, 3.63) is 59.7 Å². The first-order chi connectivity index (χ1) is 13.6. The third kappa shape index (κ3) is 6.10. The molecule has 0 fully saturated rings. The van der Waals surface area contributed by atoms with Gasteiger partial charge < -0.3 is 14.6 Å². The van der Waals surface area contributed by atoms with E-state index in [1.54, 1.807) is 12.1 Å². The Morgan fingerprint density at radius 1 is 0.862 bits per heavy atom. The number of ether oxygens (including phenoxy) is 2. The van der Waals surface area contributed by atoms with Crippen LogP contribution in [-0.2, 0) is 5.41 Å². The van der Waals surface area contributed by atoms with E-state index in [0.29, 0.717) is 12.4 Å². The van der Waals surface area contributed by atoms with Crippen LogP contribution in [0, 0.1) is 5.92 Å². The summed E-state index contributed by atoms with van der Waals surface area (Å²) in [5.41, 5.74) is 1.54. The predicted molar refractivity (Wildman–Crippen MR) is 103 cm³/mol. The molecule has 2 aromatic rings. The number of halogens is 4. The minimum Gasteiger partial charge on any atom is -0.493 e. The van der Waals surface area contributed by atoms with E-state index in [2.05, 4.69) is 0 Å². The van der Waals surface area contributed by atoms with Crippen LogP contribution in [0.1, 0.15) is 31.9 Å². The SMILES string of the molecule is CC(CO)COc1ccc(C(C)(C)c2ccc(OCC(F)(F)C(F)F)cc2)cc1. The number of aliphatic hydroxyl groups excluding tert-OH is 1. The van der Waals surface area contributed by atoms with Gasteiger partial charge in [0, 0.05) is 17.9 Å². The summed E-state index contributed by atoms with van der Waals surface area (Å²) in [6, 6.07) is 14.0. The van der Waals surface area contributed by atoms with Gasteiger partial charge >= 0.3 is 12.3 Å². The van der Waals surface area contributed by atoms with Crippen molar-refractivity contribution >= 4 is 0 Å². The zero-order valence-corrected chi connectivity index (χ0v) is 16.7. The number of benzene rings is 2. The molecule has 0 radical (unpaired) electrons. The van der Waals surface area contributed by atoms with Gasteiger partial charge in [-0.15, -0.1) is 0 Å². The van der Waals surface area contributed by atoms with Crippen LogP contribution in [0.15, 0.2) is 48.5 Å². The summed E-state index contributed by atoms with van der Waals surface area (Å²) in [6.45, 7) is 5.02. The molecule has 2 rings (SSSR count). The fourth-order valence-corrected chi connectivity index (χ4v) is 2.64. The van der Waals surface area contributed by atoms with Gasteiger partial charge in [-0.25, -0.2) is 8.78 Å². The van der Waals surface area contributed by atoms with Gasteiger partial charge in [-0.05, 0) is 35.4 Å². The fourth-order valence-electron chi connectivity index (χ4n) is 2.64. The smallest absolute Gasteiger partial charge is 0.340 e. The molecule has 0 aliphatic heterocycles. The average Bonchev–Trinajstić information content (AvgIpc) is 2.71. The molecular weight excluding hydrogens is 388 g/mol. The Morgan fingerprint density at radius 2 is 1.31 bits per heavy atom. The maximum atomic E-state index is 13.0. The highest BCUT2D eigenvalue weighted by atomic mass is 19.3. The van der Waals surface area contributed by atoms with Gasteiger partial charge in [0.1, 0.15) is 11.5 Å². The summed E-state index contributed by atoms with van der Waals surface area (Å²) in [5.74, 6) is -3.33. The van der Waals surface area contributed by atoms with Crippen molar-refractivity contribution in [2.75, 3.05) is 19.8 Å². The highest BCUT2D eigenvalue weighted by molar-refractivity contribution is 5.41. The molecule has 0 aliphatic rings. The van der Waals surface area contributed by atoms with Gasteiger partial charge in [0.15, 0.2) is 6.61 Å². The number of rotatable bonds is 10. The maximum Gasteiger partial charge on any atom is 0.340 e. The van der Waals surface area contributed by atoms with Gasteiger partial charge in [-0.3, -0.25) is 0 Å². The minimum absolute atomic E-state index is 0.0486. The summed E-state index contributed by atoms with van der Waals surface area (Å²) < 4.78 is 60.8. The van der Waals surface area contributed by atoms with Crippen LogP contribution in [0.3, 0.4) is 0 Å². The Morgan fingerprint density at radius 3 is 1.72 bits per heavy atom. The van der Waals surface area contributed by atoms with Crippen LogP contribution in [-0.4, -0.2) is 37.3 Å². The molecule has 0 spiro atoms. The lowest BCUT2D eigenvalue weighted by Crippen LogP contribution is -2.33. The van der Waals surface area contributed by atoms with Crippen molar-refractivity contribution in [3.63, 3.8) is 0 Å². The second kappa shape index (κ2) is 9.48. The van der Waals surface area contributed by atoms with Crippen molar-refractivity contribution in [1.82, 2.24) is 0 Å². The highest BCUT2D eigenvalue weighted by Gasteiger charge is 2.41. The van der Waals surface area contributed by atoms with Gasteiger partial charge in [0.2, 0.25) is 0 Å². The van der Waals surface area contributed by atoms with Crippen LogP contribution in [0.5, 0.6) is 11.5 Å². The quantitative estimate of drug-likeness (QED) is 0.537. The Hall–Kier alpha value is -2.28. The third-order valence-corrected chi connectivity index (χ3v) is 4.75. The van der Waals surface area contributed by atoms with E-state index in [9.17, 15) is 17.6 Å². The molecule has 0 aliphatic carbocycles. The largest absolute Gasteiger partial charge is 0.493 e. The van der Waals surface area contributed by atoms with E-state index in [-0.39, 0.29) is 23.7 Å². The Kier molecular flexibility index (Phi) is 7.52. The summed E-state index contributed by atoms with van der Waals surface area (Å²) >= 11 is 0. The summed E-state index contributed by atoms with van der Waals surface area (Å²) in [7, 11) is 0. The van der Waals surface area contributed by atoms with E-state index >= 15 is 0 Å². The van der Waals surface area contributed by atoms with E-state index < -0.39 is 19.0 Å². The molecule has 0 bridgehead atoms. The molecule has 0 aromatic heterocycles. The van der Waals surface area contributed by atoms with Crippen molar-refractivity contribution < 1.29 is 32.1 Å². The van der Waals surface area contributed by atoms with Crippen LogP contribution in [0.4, 0.5) is 17.6 Å². The predicted octanol–water partition coefficient (Wildman–Crippen LogP) is 5.30. The van der Waals surface area contributed by atoms with E-state index in [4.69, 9.17) is 14.6 Å². The molecule has 3 nitrogen and oxygen atoms in total. The highest BCUT2D eigenvalue weighted by Crippen LogP contribution is 2.33. The minimum atomic E-state index is -4.18. The molecule has 29 heavy (non-hydrogen) atoms. The van der Waals surface area contributed by atoms with E-state index in [0.717, 1.165) is 11.1 Å². The third-order valence-electron chi connectivity index (χ3n) is 4.75. The van der Waals surface area contributed by atoms with Crippen LogP contribution in [0.25, 0.3) is 0 Å². The number of aliphatic hydroxyl groups is 1. The van der Waals surface area contributed by atoms with Crippen molar-refractivity contribution in [3.8, 4) is 11.5 Å². The van der Waals surface area contributed by atoms with Crippen LogP contribution >= 0.6 is 0 Å². The van der Waals surface area contributed by atoms with Crippen molar-refractivity contribution in [1.29, 1.82) is 0 Å². The van der Waals surface area contributed by atoms with Crippen molar-refractivity contribution in [2.45, 2.75) is 38.5 Å². The molecule has 0 heterocycles. The summed E-state index contributed by atoms with van der Waals surface area (Å²) in [5, 5.41) is 9.05. The van der Waals surface area contributed by atoms with Gasteiger partial charge in [0.05, 0.1) is 6.61 Å². The maximum absolute atomic E-state index is 13.0. The number of hydrogen-bond donors (Lipinski definition) is 1. The molecule has 1 atom stereocenters. The van der Waals surface area contributed by atoms with Gasteiger partial charge in [-0.2, -0.15) is 8.78 Å². The summed E-state index contributed by atoms with van der Waals surface area (Å²) in [6.07, 6.45) is -3.76. The second-order valence-corrected chi connectivity index (χ2v) is 7.62. The van der Waals surface area contributed by atoms with Crippen LogP contribution < -0.4 is 9.47 Å². The zero-order valence-electron chi connectivity index (χ0n) is 16.7. The topological polar surface area (TPSA) is 38.7 Å². The normalized spacial score (nSPS) is 13.4. The lowest BCUT2D eigenvalue weighted by molar-refractivity contribution is -0.148. The number of hydrogen-bond acceptors (Lipinski definition) is 3. The van der Waals surface area contributed by atoms with E-state index in [1.165, 1.54) is 12.1 Å². The summed E-state index contributed by atoms with van der Waals surface area (Å²) in [4.78, 5) is 0. The first kappa shape index (κ1) is 23.0. The molecule has 1 unspecified atom stereocenters. The van der Waals surface area contributed by atoms with Crippen LogP contribution in [0.2, 0.25) is 0 Å². The molecule has 2 aromatic carbocycles. The van der Waals surface area contributed by atoms with Gasteiger partial charge in [-0.1, -0.05) is 45.0 Å². The monoisotopic (exact) mass is 414 g/mol. The Balaban J connectivity index is 2.05. The number of alkyl halides is 4. The standard InChI is InChI=1S/C22H26F4O3/c1-15(12-27)13-28-18-8-4-16(5-9-18)21(2,3)17-6-10-19(11-7-17)29-14-22(25,26)20(23)24/h4-11,15,20,27H,12-14H2,1-3H3. The van der Waals surface area contributed by atoms with Gasteiger partial charge in [0.25, 0.3) is 0 Å². The molecular formula is C22H26F4O3. The zero-order chi connectivity index (χ0) is 21.7. The fraction of sp³-hybridized carbons (Fsp3) is 0.455. The first-order valence-corrected chi connectivity index (χ1v) is 9.30. The van der Waals surface area contributed by atoms with E-state index in [1.807, 2.05) is 45.0 Å². The molecule has 0 amide bonds. The molecule has 0 saturated carbocycles. The Bertz CT molecular complexity index is 759. The molecule has 1 N–H and O–H groups in total. The average molecular weight is 414 g/mol. The molecule has 160 valence electrons. The second-order valence-electron chi connectivity index (χ2n) is 7.62. The first-order valence-electron chi connectivity index (χ1n) is 9.30. The Labute approximate surface area is 168 Å². The lowest BCUT2D eigenvalue weighted by Gasteiger charge is -2.26.